The van der Waals surface area contributed by atoms with E-state index in [1.807, 2.05) is 0 Å². The van der Waals surface area contributed by atoms with Gasteiger partial charge in [0.1, 0.15) is 18.7 Å². The molecule has 7 nitrogen and oxygen atoms in total. The van der Waals surface area contributed by atoms with Gasteiger partial charge in [-0.15, -0.1) is 11.6 Å². The van der Waals surface area contributed by atoms with Crippen molar-refractivity contribution in [3.63, 3.8) is 0 Å². The van der Waals surface area contributed by atoms with Crippen LogP contribution in [0.15, 0.2) is 17.1 Å². The summed E-state index contributed by atoms with van der Waals surface area (Å²) in [6, 6.07) is 1.55. The minimum absolute atomic E-state index is 0.156. The van der Waals surface area contributed by atoms with Crippen molar-refractivity contribution >= 4 is 23.4 Å². The number of nitrogen functional groups attached to an aromatic ring is 1. The van der Waals surface area contributed by atoms with E-state index in [0.29, 0.717) is 6.42 Å². The Labute approximate surface area is 134 Å². The number of hydrogen-bond donors (Lipinski definition) is 1. The fourth-order valence-corrected chi connectivity index (χ4v) is 2.00. The molecule has 8 heteroatoms. The van der Waals surface area contributed by atoms with Gasteiger partial charge in [-0.1, -0.05) is 13.8 Å². The molecule has 0 bridgehead atoms. The van der Waals surface area contributed by atoms with Crippen molar-refractivity contribution in [2.45, 2.75) is 39.0 Å². The Kier molecular flexibility index (Phi) is 7.34. The molecule has 1 aromatic heterocycles. The quantitative estimate of drug-likeness (QED) is 0.664. The minimum atomic E-state index is -0.435. The summed E-state index contributed by atoms with van der Waals surface area (Å²) in [6.07, 6.45) is 3.88. The normalized spacial score (nSPS) is 20.4. The number of rotatable bonds is 4. The maximum Gasteiger partial charge on any atom is 0.351 e. The lowest BCUT2D eigenvalue weighted by molar-refractivity contribution is -0.152. The topological polar surface area (TPSA) is 96.4 Å². The van der Waals surface area contributed by atoms with Gasteiger partial charge < -0.3 is 15.2 Å². The van der Waals surface area contributed by atoms with Crippen molar-refractivity contribution in [1.29, 1.82) is 0 Å². The number of nitrogens with two attached hydrogens (primary N) is 1. The first kappa shape index (κ1) is 18.4. The van der Waals surface area contributed by atoms with Gasteiger partial charge in [-0.25, -0.2) is 4.79 Å². The molecule has 2 atom stereocenters. The highest BCUT2D eigenvalue weighted by Crippen LogP contribution is 2.27. The molecule has 0 saturated carbocycles. The van der Waals surface area contributed by atoms with Crippen LogP contribution in [0.4, 0.5) is 5.82 Å². The molecule has 22 heavy (non-hydrogen) atoms. The number of ether oxygens (including phenoxy) is 2. The van der Waals surface area contributed by atoms with Crippen LogP contribution in [0.25, 0.3) is 0 Å². The van der Waals surface area contributed by atoms with E-state index in [2.05, 4.69) is 16.6 Å². The number of carbonyl (C=O) groups is 1. The molecule has 1 aromatic rings. The summed E-state index contributed by atoms with van der Waals surface area (Å²) in [5.41, 5.74) is 5.00. The summed E-state index contributed by atoms with van der Waals surface area (Å²) in [5.74, 6) is -0.217. The third-order valence-electron chi connectivity index (χ3n) is 3.13. The second kappa shape index (κ2) is 8.75. The third-order valence-corrected chi connectivity index (χ3v) is 3.13. The highest BCUT2D eigenvalue weighted by atomic mass is 35.5. The second-order valence-electron chi connectivity index (χ2n) is 5.12. The Bertz CT molecular complexity index is 547. The lowest BCUT2D eigenvalue weighted by Gasteiger charge is -2.16. The van der Waals surface area contributed by atoms with E-state index in [0.717, 1.165) is 6.42 Å². The molecule has 124 valence electrons. The van der Waals surface area contributed by atoms with Crippen LogP contribution < -0.4 is 11.4 Å². The van der Waals surface area contributed by atoms with Crippen molar-refractivity contribution in [3.8, 4) is 0 Å². The van der Waals surface area contributed by atoms with Crippen LogP contribution >= 0.6 is 11.6 Å². The molecule has 0 amide bonds. The molecule has 2 rings (SSSR count). The molecule has 2 unspecified atom stereocenters. The first-order valence-corrected chi connectivity index (χ1v) is 7.77. The van der Waals surface area contributed by atoms with Crippen LogP contribution in [0, 0.1) is 5.92 Å². The zero-order valence-electron chi connectivity index (χ0n) is 13.0. The predicted octanol–water partition coefficient (Wildman–Crippen LogP) is 1.56. The number of anilines is 1. The summed E-state index contributed by atoms with van der Waals surface area (Å²) >= 11 is 4.64. The highest BCUT2D eigenvalue weighted by molar-refractivity contribution is 6.15. The summed E-state index contributed by atoms with van der Waals surface area (Å²) < 4.78 is 12.2. The molecular weight excluding hydrogens is 310 g/mol. The lowest BCUT2D eigenvalue weighted by atomic mass is 10.2. The summed E-state index contributed by atoms with van der Waals surface area (Å²) in [7, 11) is 0. The number of carbonyl (C=O) groups excluding carboxylic acids is 1. The Morgan fingerprint density at radius 3 is 2.82 bits per heavy atom. The van der Waals surface area contributed by atoms with E-state index >= 15 is 0 Å². The molecule has 0 spiro atoms. The maximum absolute atomic E-state index is 11.7. The van der Waals surface area contributed by atoms with E-state index in [1.165, 1.54) is 11.0 Å². The van der Waals surface area contributed by atoms with E-state index in [1.54, 1.807) is 26.1 Å². The van der Waals surface area contributed by atoms with Crippen molar-refractivity contribution in [3.05, 3.63) is 22.7 Å². The minimum Gasteiger partial charge on any atom is -0.463 e. The number of hydrogen-bond acceptors (Lipinski definition) is 6. The van der Waals surface area contributed by atoms with Gasteiger partial charge in [-0.3, -0.25) is 9.36 Å². The van der Waals surface area contributed by atoms with Gasteiger partial charge in [0.05, 0.1) is 12.0 Å². The van der Waals surface area contributed by atoms with E-state index in [4.69, 9.17) is 15.2 Å². The molecule has 0 aliphatic carbocycles. The number of esters is 1. The predicted molar refractivity (Wildman–Crippen MR) is 83.6 cm³/mol. The van der Waals surface area contributed by atoms with Gasteiger partial charge in [-0.05, 0) is 18.9 Å². The zero-order chi connectivity index (χ0) is 16.7. The van der Waals surface area contributed by atoms with Gasteiger partial charge >= 0.3 is 11.7 Å². The smallest absolute Gasteiger partial charge is 0.351 e. The molecular formula is C14H22ClN3O4. The van der Waals surface area contributed by atoms with Crippen LogP contribution in [-0.4, -0.2) is 34.6 Å². The van der Waals surface area contributed by atoms with Crippen molar-refractivity contribution in [1.82, 2.24) is 9.55 Å². The summed E-state index contributed by atoms with van der Waals surface area (Å²) in [5, 5.41) is 0. The van der Waals surface area contributed by atoms with Gasteiger partial charge in [0.15, 0.2) is 0 Å². The molecule has 1 aliphatic rings. The molecule has 1 saturated heterocycles. The van der Waals surface area contributed by atoms with Crippen LogP contribution in [0.2, 0.25) is 0 Å². The fraction of sp³-hybridized carbons (Fsp3) is 0.643. The SMILES string of the molecule is CC(C)C(=O)OCC1CCC(n2ccc(N)nc2=O)O1.CCl. The Hall–Kier alpha value is -1.60. The number of halogens is 1. The van der Waals surface area contributed by atoms with E-state index in [9.17, 15) is 9.59 Å². The summed E-state index contributed by atoms with van der Waals surface area (Å²) in [6.45, 7) is 3.77. The number of nitrogens with zero attached hydrogens (tertiary/aromatic N) is 2. The zero-order valence-corrected chi connectivity index (χ0v) is 13.7. The molecule has 0 aromatic carbocycles. The first-order valence-electron chi connectivity index (χ1n) is 7.02. The Balaban J connectivity index is 0.00000116. The highest BCUT2D eigenvalue weighted by Gasteiger charge is 2.28. The lowest BCUT2D eigenvalue weighted by Crippen LogP contribution is -2.28. The standard InChI is InChI=1S/C13H19N3O4.CH3Cl/c1-8(2)12(17)19-7-9-3-4-11(20-9)16-6-5-10(14)15-13(16)18;1-2/h5-6,8-9,11H,3-4,7H2,1-2H3,(H2,14,15,18);1H3. The first-order chi connectivity index (χ1) is 10.5. The fourth-order valence-electron chi connectivity index (χ4n) is 2.00. The molecule has 2 N–H and O–H groups in total. The Morgan fingerprint density at radius 1 is 1.55 bits per heavy atom. The van der Waals surface area contributed by atoms with Crippen molar-refractivity contribution < 1.29 is 14.3 Å². The van der Waals surface area contributed by atoms with E-state index in [-0.39, 0.29) is 36.6 Å². The largest absolute Gasteiger partial charge is 0.463 e. The van der Waals surface area contributed by atoms with Crippen LogP contribution in [0.5, 0.6) is 0 Å². The van der Waals surface area contributed by atoms with Crippen LogP contribution in [0.3, 0.4) is 0 Å². The van der Waals surface area contributed by atoms with Crippen LogP contribution in [-0.2, 0) is 14.3 Å². The Morgan fingerprint density at radius 2 is 2.23 bits per heavy atom. The average molecular weight is 332 g/mol. The molecule has 0 radical (unpaired) electrons. The number of aromatic nitrogens is 2. The van der Waals surface area contributed by atoms with Crippen molar-refractivity contribution in [2.24, 2.45) is 5.92 Å². The molecule has 2 heterocycles. The third kappa shape index (κ3) is 4.99. The van der Waals surface area contributed by atoms with Gasteiger partial charge in [0, 0.05) is 12.6 Å². The van der Waals surface area contributed by atoms with Crippen molar-refractivity contribution in [2.75, 3.05) is 18.7 Å². The van der Waals surface area contributed by atoms with E-state index < -0.39 is 5.69 Å². The summed E-state index contributed by atoms with van der Waals surface area (Å²) in [4.78, 5) is 26.7. The molecule has 1 aliphatic heterocycles. The molecule has 1 fully saturated rings. The van der Waals surface area contributed by atoms with Gasteiger partial charge in [-0.2, -0.15) is 4.98 Å². The average Bonchev–Trinajstić information content (AvgIpc) is 2.95. The maximum atomic E-state index is 11.7. The monoisotopic (exact) mass is 331 g/mol. The van der Waals surface area contributed by atoms with Gasteiger partial charge in [0.2, 0.25) is 0 Å². The number of alkyl halides is 1. The second-order valence-corrected chi connectivity index (χ2v) is 5.12. The van der Waals surface area contributed by atoms with Gasteiger partial charge in [0.25, 0.3) is 0 Å². The van der Waals surface area contributed by atoms with Crippen LogP contribution in [0.1, 0.15) is 32.9 Å².